The van der Waals surface area contributed by atoms with E-state index < -0.39 is 24.3 Å². The van der Waals surface area contributed by atoms with E-state index in [4.69, 9.17) is 9.47 Å². The van der Waals surface area contributed by atoms with Crippen molar-refractivity contribution in [2.75, 3.05) is 7.11 Å². The van der Waals surface area contributed by atoms with Crippen LogP contribution in [0.4, 0.5) is 0 Å². The Kier molecular flexibility index (Phi) is 14.8. The molecule has 0 radical (unpaired) electrons. The van der Waals surface area contributed by atoms with Gasteiger partial charge in [-0.05, 0) is 31.8 Å². The Hall–Kier alpha value is -2.47. The predicted octanol–water partition coefficient (Wildman–Crippen LogP) is 5.39. The lowest BCUT2D eigenvalue weighted by Gasteiger charge is -2.26. The van der Waals surface area contributed by atoms with Crippen LogP contribution in [0, 0.1) is 11.8 Å². The van der Waals surface area contributed by atoms with Gasteiger partial charge in [0.2, 0.25) is 0 Å². The average molecular weight is 471 g/mol. The second-order valence-electron chi connectivity index (χ2n) is 8.67. The van der Waals surface area contributed by atoms with Gasteiger partial charge in [-0.1, -0.05) is 93.2 Å². The highest BCUT2D eigenvalue weighted by atomic mass is 16.5. The molecule has 0 amide bonds. The molecule has 2 N–H and O–H groups in total. The number of rotatable bonds is 3. The third-order valence-corrected chi connectivity index (χ3v) is 5.50. The molecule has 1 heterocycles. The minimum atomic E-state index is -1.06. The molecule has 0 fully saturated rings. The van der Waals surface area contributed by atoms with Crippen molar-refractivity contribution >= 4 is 5.97 Å². The van der Waals surface area contributed by atoms with Crippen LogP contribution in [0.1, 0.15) is 47.0 Å². The highest BCUT2D eigenvalue weighted by Crippen LogP contribution is 2.16. The first kappa shape index (κ1) is 29.6. The fraction of sp³-hybridized carbons (Fsp3) is 0.483. The van der Waals surface area contributed by atoms with Crippen molar-refractivity contribution in [2.24, 2.45) is 11.8 Å². The number of carbonyl (C=O) groups is 1. The monoisotopic (exact) mass is 470 g/mol. The molecule has 0 saturated heterocycles. The maximum atomic E-state index is 12.3. The van der Waals surface area contributed by atoms with Crippen LogP contribution in [-0.4, -0.2) is 47.7 Å². The van der Waals surface area contributed by atoms with Crippen LogP contribution in [-0.2, 0) is 14.3 Å². The molecule has 0 aromatic rings. The van der Waals surface area contributed by atoms with E-state index in [-0.39, 0.29) is 12.0 Å². The number of esters is 1. The Bertz CT molecular complexity index is 799. The molecule has 34 heavy (non-hydrogen) atoms. The van der Waals surface area contributed by atoms with Gasteiger partial charge >= 0.3 is 5.97 Å². The van der Waals surface area contributed by atoms with Gasteiger partial charge in [0.05, 0.1) is 6.10 Å². The van der Waals surface area contributed by atoms with Crippen molar-refractivity contribution in [3.63, 3.8) is 0 Å². The number of hydrogen-bond donors (Lipinski definition) is 2. The fourth-order valence-corrected chi connectivity index (χ4v) is 3.30. The molecule has 1 rings (SSSR count). The lowest BCUT2D eigenvalue weighted by Crippen LogP contribution is -2.40. The molecule has 6 atom stereocenters. The van der Waals surface area contributed by atoms with Crippen LogP contribution in [0.15, 0.2) is 84.6 Å². The SMILES string of the molecule is CC/C=C/[C@H]1C/C=C/C=C\C(OC)[C@@H](O)[C@@H](O)[C@@H](C)/C=C/C[C@@H](C)/C=C/C=C(C)/C=C/C(=O)O1. The second kappa shape index (κ2) is 17.0. The van der Waals surface area contributed by atoms with Crippen LogP contribution < -0.4 is 0 Å². The molecule has 1 aliphatic heterocycles. The van der Waals surface area contributed by atoms with E-state index in [2.05, 4.69) is 13.0 Å². The number of carbonyl (C=O) groups excluding carboxylic acids is 1. The molecule has 1 unspecified atom stereocenters. The molecular formula is C29H42O5. The van der Waals surface area contributed by atoms with Crippen molar-refractivity contribution in [1.29, 1.82) is 0 Å². The molecule has 5 nitrogen and oxygen atoms in total. The first-order chi connectivity index (χ1) is 16.3. The van der Waals surface area contributed by atoms with E-state index in [1.54, 1.807) is 18.2 Å². The summed E-state index contributed by atoms with van der Waals surface area (Å²) >= 11 is 0. The topological polar surface area (TPSA) is 76.0 Å². The molecule has 0 saturated carbocycles. The van der Waals surface area contributed by atoms with Gasteiger partial charge in [0.1, 0.15) is 18.3 Å². The second-order valence-corrected chi connectivity index (χ2v) is 8.67. The van der Waals surface area contributed by atoms with E-state index in [9.17, 15) is 15.0 Å². The lowest BCUT2D eigenvalue weighted by atomic mass is 9.94. The summed E-state index contributed by atoms with van der Waals surface area (Å²) in [6, 6.07) is 0. The summed E-state index contributed by atoms with van der Waals surface area (Å²) < 4.78 is 11.0. The zero-order valence-corrected chi connectivity index (χ0v) is 21.2. The fourth-order valence-electron chi connectivity index (χ4n) is 3.30. The Morgan fingerprint density at radius 3 is 2.50 bits per heavy atom. The Balaban J connectivity index is 3.12. The van der Waals surface area contributed by atoms with Crippen molar-refractivity contribution < 1.29 is 24.5 Å². The van der Waals surface area contributed by atoms with E-state index in [0.717, 1.165) is 18.4 Å². The minimum Gasteiger partial charge on any atom is -0.455 e. The molecule has 0 spiro atoms. The summed E-state index contributed by atoms with van der Waals surface area (Å²) in [6.07, 6.45) is 23.3. The largest absolute Gasteiger partial charge is 0.455 e. The van der Waals surface area contributed by atoms with Crippen molar-refractivity contribution in [1.82, 2.24) is 0 Å². The summed E-state index contributed by atoms with van der Waals surface area (Å²) in [4.78, 5) is 12.3. The Morgan fingerprint density at radius 2 is 1.79 bits per heavy atom. The van der Waals surface area contributed by atoms with Crippen LogP contribution in [0.25, 0.3) is 0 Å². The van der Waals surface area contributed by atoms with Gasteiger partial charge in [-0.15, -0.1) is 0 Å². The normalized spacial score (nSPS) is 36.8. The van der Waals surface area contributed by atoms with E-state index in [1.807, 2.05) is 69.4 Å². The standard InChI is InChI=1S/C29H42O5/c1-6-7-17-25-18-9-8-10-19-26(33-5)29(32)28(31)24(4)16-12-15-22(2)13-11-14-23(3)20-21-27(30)34-25/h7-14,16-17,19-22,24-26,28-29,31-32H,6,15,18H2,1-5H3/b9-8+,13-11+,16-12+,17-7+,19-10-,21-20+,23-14+/t22-,24-,25-,26?,28-,29+/m0/s1. The minimum absolute atomic E-state index is 0.223. The zero-order valence-electron chi connectivity index (χ0n) is 21.2. The molecule has 0 aromatic carbocycles. The molecule has 1 aliphatic rings. The van der Waals surface area contributed by atoms with Gasteiger partial charge in [0, 0.05) is 25.5 Å². The quantitative estimate of drug-likeness (QED) is 0.427. The van der Waals surface area contributed by atoms with Crippen LogP contribution in [0.3, 0.4) is 0 Å². The third-order valence-electron chi connectivity index (χ3n) is 5.50. The van der Waals surface area contributed by atoms with Crippen molar-refractivity contribution in [2.45, 2.75) is 71.4 Å². The average Bonchev–Trinajstić information content (AvgIpc) is 2.81. The van der Waals surface area contributed by atoms with Gasteiger partial charge in [-0.25, -0.2) is 4.79 Å². The van der Waals surface area contributed by atoms with E-state index >= 15 is 0 Å². The third kappa shape index (κ3) is 12.1. The van der Waals surface area contributed by atoms with Gasteiger partial charge < -0.3 is 19.7 Å². The van der Waals surface area contributed by atoms with Gasteiger partial charge in [-0.3, -0.25) is 0 Å². The first-order valence-electron chi connectivity index (χ1n) is 12.1. The number of methoxy groups -OCH3 is 1. The molecule has 0 aliphatic carbocycles. The van der Waals surface area contributed by atoms with E-state index in [1.165, 1.54) is 13.2 Å². The number of aliphatic hydroxyl groups excluding tert-OH is 2. The maximum absolute atomic E-state index is 12.3. The maximum Gasteiger partial charge on any atom is 0.331 e. The van der Waals surface area contributed by atoms with Crippen molar-refractivity contribution in [3.8, 4) is 0 Å². The number of ether oxygens (including phenoxy) is 2. The zero-order chi connectivity index (χ0) is 25.3. The van der Waals surface area contributed by atoms with E-state index in [0.29, 0.717) is 12.3 Å². The lowest BCUT2D eigenvalue weighted by molar-refractivity contribution is -0.140. The van der Waals surface area contributed by atoms with Gasteiger partial charge in [-0.2, -0.15) is 0 Å². The summed E-state index contributed by atoms with van der Waals surface area (Å²) in [7, 11) is 1.50. The number of aliphatic hydroxyl groups is 2. The van der Waals surface area contributed by atoms with Crippen molar-refractivity contribution in [3.05, 3.63) is 84.6 Å². The molecule has 0 aromatic heterocycles. The van der Waals surface area contributed by atoms with Crippen LogP contribution in [0.2, 0.25) is 0 Å². The Morgan fingerprint density at radius 1 is 1.03 bits per heavy atom. The summed E-state index contributed by atoms with van der Waals surface area (Å²) in [6.45, 7) is 7.94. The molecule has 188 valence electrons. The van der Waals surface area contributed by atoms with Crippen LogP contribution in [0.5, 0.6) is 0 Å². The number of allylic oxidation sites excluding steroid dienone is 9. The predicted molar refractivity (Wildman–Crippen MR) is 139 cm³/mol. The first-order valence-corrected chi connectivity index (χ1v) is 12.1. The summed E-state index contributed by atoms with van der Waals surface area (Å²) in [5.74, 6) is -0.314. The molecular weight excluding hydrogens is 428 g/mol. The highest BCUT2D eigenvalue weighted by molar-refractivity contribution is 5.82. The number of hydrogen-bond acceptors (Lipinski definition) is 5. The van der Waals surface area contributed by atoms with Gasteiger partial charge in [0.15, 0.2) is 0 Å². The summed E-state index contributed by atoms with van der Waals surface area (Å²) in [5, 5.41) is 21.2. The van der Waals surface area contributed by atoms with Crippen LogP contribution >= 0.6 is 0 Å². The Labute approximate surface area is 205 Å². The highest BCUT2D eigenvalue weighted by Gasteiger charge is 2.27. The van der Waals surface area contributed by atoms with Gasteiger partial charge in [0.25, 0.3) is 0 Å². The molecule has 5 heteroatoms. The smallest absolute Gasteiger partial charge is 0.331 e. The summed E-state index contributed by atoms with van der Waals surface area (Å²) in [5.41, 5.74) is 0.946. The molecule has 0 bridgehead atoms. The number of cyclic esters (lactones) is 1.